The molecule has 5 aromatic heterocycles. The van der Waals surface area contributed by atoms with Crippen LogP contribution < -0.4 is 0 Å². The van der Waals surface area contributed by atoms with Crippen LogP contribution in [0.25, 0.3) is 117 Å². The Balaban J connectivity index is 1.15. The van der Waals surface area contributed by atoms with Crippen LogP contribution in [0.15, 0.2) is 162 Å². The topological polar surface area (TPSA) is 134 Å². The molecule has 0 N–H and O–H groups in total. The van der Waals surface area contributed by atoms with Crippen LogP contribution in [0.2, 0.25) is 0 Å². The third-order valence-corrected chi connectivity index (χ3v) is 11.9. The van der Waals surface area contributed by atoms with E-state index >= 15 is 0 Å². The number of aromatic nitrogens is 10. The normalized spacial score (nSPS) is 11.6. The van der Waals surface area contributed by atoms with Gasteiger partial charge in [-0.2, -0.15) is 0 Å². The van der Waals surface area contributed by atoms with Crippen LogP contribution in [0.1, 0.15) is 23.3 Å². The van der Waals surface area contributed by atoms with Gasteiger partial charge in [-0.05, 0) is 106 Å². The summed E-state index contributed by atoms with van der Waals surface area (Å²) in [5, 5.41) is 4.12. The Hall–Kier alpha value is -8.83. The van der Waals surface area contributed by atoms with Gasteiger partial charge in [0.1, 0.15) is 34.5 Å². The van der Waals surface area contributed by atoms with Crippen molar-refractivity contribution in [3.05, 3.63) is 181 Å². The highest BCUT2D eigenvalue weighted by atomic mass is 16.3. The molecule has 0 saturated carbocycles. The number of hydrogen-bond acceptors (Lipinski definition) is 10. The van der Waals surface area contributed by atoms with Gasteiger partial charge in [-0.25, -0.2) is 44.9 Å². The summed E-state index contributed by atoms with van der Waals surface area (Å²) in [5.74, 6) is 5.55. The van der Waals surface area contributed by atoms with Crippen molar-refractivity contribution in [3.63, 3.8) is 0 Å². The summed E-state index contributed by atoms with van der Waals surface area (Å²) in [6.07, 6.45) is 0. The summed E-state index contributed by atoms with van der Waals surface area (Å²) in [6.45, 7) is 7.56. The van der Waals surface area contributed by atoms with Crippen molar-refractivity contribution in [1.29, 1.82) is 0 Å². The number of aryl methyl sites for hydroxylation is 4. The van der Waals surface area contributed by atoms with Gasteiger partial charge in [0.2, 0.25) is 0 Å². The molecule has 0 aliphatic heterocycles. The fourth-order valence-corrected chi connectivity index (χ4v) is 8.97. The summed E-state index contributed by atoms with van der Waals surface area (Å²) in [4.78, 5) is 43.5. The minimum Gasteiger partial charge on any atom is -0.456 e. The fourth-order valence-electron chi connectivity index (χ4n) is 8.97. The highest BCUT2D eigenvalue weighted by Crippen LogP contribution is 2.41. The van der Waals surface area contributed by atoms with Crippen molar-refractivity contribution in [2.24, 2.45) is 0 Å². The van der Waals surface area contributed by atoms with Crippen LogP contribution in [-0.4, -0.2) is 49.4 Å². The van der Waals surface area contributed by atoms with Crippen molar-refractivity contribution in [2.75, 3.05) is 0 Å². The van der Waals surface area contributed by atoms with Gasteiger partial charge >= 0.3 is 0 Å². The van der Waals surface area contributed by atoms with E-state index in [1.165, 1.54) is 0 Å². The summed E-state index contributed by atoms with van der Waals surface area (Å²) in [7, 11) is 0. The molecule has 0 fully saturated rings. The molecule has 0 atom stereocenters. The predicted octanol–water partition coefficient (Wildman–Crippen LogP) is 12.5. The summed E-state index contributed by atoms with van der Waals surface area (Å²) >= 11 is 0. The molecule has 11 nitrogen and oxygen atoms in total. The van der Waals surface area contributed by atoms with Gasteiger partial charge in [0.05, 0.1) is 16.7 Å². The molecule has 0 bridgehead atoms. The Morgan fingerprint density at radius 1 is 0.318 bits per heavy atom. The molecule has 5 heterocycles. The number of benzene rings is 7. The quantitative estimate of drug-likeness (QED) is 0.152. The SMILES string of the molecule is Cc1nc(C)nc(-c2ccc3c(c2)c2cc(-c4nc(C)nc(C)n4)ccc2n3-c2ccc(-c3ccc4oc5ccccc5c4c3)cc2-c2nc(-c3ccccc3)nc(-c3ccccc3)n2)n1. The zero-order valence-electron chi connectivity index (χ0n) is 36.4. The van der Waals surface area contributed by atoms with Crippen LogP contribution in [0.4, 0.5) is 0 Å². The maximum absolute atomic E-state index is 6.24. The smallest absolute Gasteiger partial charge is 0.166 e. The number of rotatable bonds is 7. The molecule has 7 aromatic carbocycles. The molecule has 0 unspecified atom stereocenters. The number of hydrogen-bond donors (Lipinski definition) is 0. The molecular weight excluding hydrogens is 817 g/mol. The lowest BCUT2D eigenvalue weighted by molar-refractivity contribution is 0.669. The van der Waals surface area contributed by atoms with Gasteiger partial charge in [-0.3, -0.25) is 0 Å². The summed E-state index contributed by atoms with van der Waals surface area (Å²) in [5.41, 5.74) is 10.9. The molecule has 12 aromatic rings. The van der Waals surface area contributed by atoms with Crippen LogP contribution in [0.3, 0.4) is 0 Å². The maximum Gasteiger partial charge on any atom is 0.166 e. The van der Waals surface area contributed by atoms with E-state index in [4.69, 9.17) is 39.3 Å². The van der Waals surface area contributed by atoms with Crippen LogP contribution in [0.5, 0.6) is 0 Å². The average Bonchev–Trinajstić information content (AvgIpc) is 3.88. The molecule has 0 saturated heterocycles. The third-order valence-electron chi connectivity index (χ3n) is 11.9. The minimum absolute atomic E-state index is 0.532. The van der Waals surface area contributed by atoms with Gasteiger partial charge in [0.15, 0.2) is 29.1 Å². The molecule has 0 amide bonds. The van der Waals surface area contributed by atoms with Crippen molar-refractivity contribution >= 4 is 43.7 Å². The second-order valence-electron chi connectivity index (χ2n) is 16.4. The Morgan fingerprint density at radius 2 is 0.758 bits per heavy atom. The first kappa shape index (κ1) is 38.8. The van der Waals surface area contributed by atoms with Crippen molar-refractivity contribution < 1.29 is 4.42 Å². The van der Waals surface area contributed by atoms with Crippen molar-refractivity contribution in [1.82, 2.24) is 49.4 Å². The summed E-state index contributed by atoms with van der Waals surface area (Å²) in [6, 6.07) is 54.0. The van der Waals surface area contributed by atoms with Gasteiger partial charge in [-0.15, -0.1) is 0 Å². The molecule has 11 heteroatoms. The monoisotopic (exact) mass is 854 g/mol. The fraction of sp³-hybridized carbons (Fsp3) is 0.0727. The lowest BCUT2D eigenvalue weighted by Gasteiger charge is -2.16. The Bertz CT molecular complexity index is 3670. The van der Waals surface area contributed by atoms with Gasteiger partial charge < -0.3 is 8.98 Å². The van der Waals surface area contributed by atoms with E-state index in [0.717, 1.165) is 88.4 Å². The van der Waals surface area contributed by atoms with Crippen molar-refractivity contribution in [2.45, 2.75) is 27.7 Å². The van der Waals surface area contributed by atoms with Crippen LogP contribution in [-0.2, 0) is 0 Å². The number of fused-ring (bicyclic) bond motifs is 6. The first-order valence-corrected chi connectivity index (χ1v) is 21.7. The molecule has 12 rings (SSSR count). The maximum atomic E-state index is 6.24. The average molecular weight is 855 g/mol. The first-order valence-electron chi connectivity index (χ1n) is 21.7. The van der Waals surface area contributed by atoms with E-state index < -0.39 is 0 Å². The Kier molecular flexibility index (Phi) is 9.09. The molecule has 0 aliphatic carbocycles. The molecule has 66 heavy (non-hydrogen) atoms. The van der Waals surface area contributed by atoms with Gasteiger partial charge in [0.25, 0.3) is 0 Å². The van der Waals surface area contributed by atoms with Crippen LogP contribution in [0, 0.1) is 27.7 Å². The number of para-hydroxylation sites is 1. The van der Waals surface area contributed by atoms with E-state index in [2.05, 4.69) is 93.4 Å². The number of furan rings is 1. The minimum atomic E-state index is 0.532. The molecule has 0 spiro atoms. The second kappa shape index (κ2) is 15.5. The van der Waals surface area contributed by atoms with Gasteiger partial charge in [-0.1, -0.05) is 91.0 Å². The molecule has 314 valence electrons. The molecule has 0 radical (unpaired) electrons. The van der Waals surface area contributed by atoms with Crippen LogP contribution >= 0.6 is 0 Å². The molecular formula is C55H38N10O. The predicted molar refractivity (Wildman–Crippen MR) is 260 cm³/mol. The van der Waals surface area contributed by atoms with E-state index in [0.29, 0.717) is 52.4 Å². The Morgan fingerprint density at radius 3 is 1.33 bits per heavy atom. The van der Waals surface area contributed by atoms with Crippen molar-refractivity contribution in [3.8, 4) is 73.8 Å². The van der Waals surface area contributed by atoms with Gasteiger partial charge in [0, 0.05) is 49.4 Å². The molecule has 0 aliphatic rings. The Labute approximate surface area is 378 Å². The number of nitrogens with zero attached hydrogens (tertiary/aromatic N) is 10. The zero-order chi connectivity index (χ0) is 44.5. The second-order valence-corrected chi connectivity index (χ2v) is 16.4. The van der Waals surface area contributed by atoms with E-state index in [-0.39, 0.29) is 0 Å². The highest BCUT2D eigenvalue weighted by Gasteiger charge is 2.22. The lowest BCUT2D eigenvalue weighted by Crippen LogP contribution is -2.04. The lowest BCUT2D eigenvalue weighted by atomic mass is 9.99. The van der Waals surface area contributed by atoms with E-state index in [1.807, 2.05) is 107 Å². The largest absolute Gasteiger partial charge is 0.456 e. The first-order chi connectivity index (χ1) is 32.3. The third kappa shape index (κ3) is 6.81. The van der Waals surface area contributed by atoms with E-state index in [1.54, 1.807) is 0 Å². The standard InChI is InChI=1S/C55H38N10O/c1-31-56-32(2)59-53(58-31)39-20-24-46-42(29-39)43-30-40(54-60-33(3)57-34(4)61-54)21-25-47(43)65(46)48-23-19-37(38-22-26-50-44(27-38)41-17-11-12-18-49(41)66-50)28-45(48)55-63-51(35-13-7-5-8-14-35)62-52(64-55)36-15-9-6-10-16-36/h5-30H,1-4H3. The van der Waals surface area contributed by atoms with E-state index in [9.17, 15) is 0 Å². The highest BCUT2D eigenvalue weighted by molar-refractivity contribution is 6.12. The summed E-state index contributed by atoms with van der Waals surface area (Å²) < 4.78 is 8.54. The zero-order valence-corrected chi connectivity index (χ0v) is 36.4.